The highest BCUT2D eigenvalue weighted by molar-refractivity contribution is 14.1. The molecule has 134 valence electrons. The van der Waals surface area contributed by atoms with Crippen LogP contribution in [0.2, 0.25) is 0 Å². The summed E-state index contributed by atoms with van der Waals surface area (Å²) in [6.45, 7) is 1.05. The minimum absolute atomic E-state index is 0.205. The summed E-state index contributed by atoms with van der Waals surface area (Å²) in [5, 5.41) is 0. The lowest BCUT2D eigenvalue weighted by Gasteiger charge is -2.07. The zero-order valence-electron chi connectivity index (χ0n) is 14.1. The zero-order valence-corrected chi connectivity index (χ0v) is 16.3. The van der Waals surface area contributed by atoms with Crippen molar-refractivity contribution in [3.05, 3.63) is 29.8 Å². The standard InChI is InChI=1S/C18H25IO5/c1-22-17(20)7-3-2-5-14-24-18(21)15-8-10-16(11-9-15)23-13-6-4-12-19/h8-11H,2-7,12-14H2,1H3. The lowest BCUT2D eigenvalue weighted by molar-refractivity contribution is -0.140. The fourth-order valence-corrected chi connectivity index (χ4v) is 2.51. The molecule has 0 aliphatic heterocycles. The summed E-state index contributed by atoms with van der Waals surface area (Å²) in [4.78, 5) is 22.8. The molecule has 0 heterocycles. The van der Waals surface area contributed by atoms with Crippen molar-refractivity contribution in [2.75, 3.05) is 24.8 Å². The van der Waals surface area contributed by atoms with E-state index in [1.807, 2.05) is 0 Å². The number of hydrogen-bond donors (Lipinski definition) is 0. The van der Waals surface area contributed by atoms with Crippen molar-refractivity contribution in [2.45, 2.75) is 38.5 Å². The quantitative estimate of drug-likeness (QED) is 0.208. The Morgan fingerprint density at radius 3 is 2.33 bits per heavy atom. The Bertz CT molecular complexity index is 487. The van der Waals surface area contributed by atoms with E-state index in [9.17, 15) is 9.59 Å². The Labute approximate surface area is 157 Å². The average Bonchev–Trinajstić information content (AvgIpc) is 2.61. The van der Waals surface area contributed by atoms with E-state index in [1.165, 1.54) is 7.11 Å². The maximum atomic E-state index is 11.9. The van der Waals surface area contributed by atoms with Crippen molar-refractivity contribution >= 4 is 34.5 Å². The van der Waals surface area contributed by atoms with Crippen molar-refractivity contribution in [3.63, 3.8) is 0 Å². The highest BCUT2D eigenvalue weighted by atomic mass is 127. The van der Waals surface area contributed by atoms with Crippen LogP contribution in [0.4, 0.5) is 0 Å². The fourth-order valence-electron chi connectivity index (χ4n) is 1.97. The largest absolute Gasteiger partial charge is 0.494 e. The first-order valence-corrected chi connectivity index (χ1v) is 9.72. The second-order valence-electron chi connectivity index (χ2n) is 5.29. The van der Waals surface area contributed by atoms with E-state index in [0.717, 1.165) is 42.3 Å². The Morgan fingerprint density at radius 2 is 1.67 bits per heavy atom. The maximum Gasteiger partial charge on any atom is 0.338 e. The molecule has 0 aliphatic rings. The molecule has 6 heteroatoms. The van der Waals surface area contributed by atoms with E-state index in [-0.39, 0.29) is 11.9 Å². The van der Waals surface area contributed by atoms with Crippen LogP contribution in [0.1, 0.15) is 48.9 Å². The van der Waals surface area contributed by atoms with Crippen LogP contribution in [-0.2, 0) is 14.3 Å². The molecule has 0 N–H and O–H groups in total. The van der Waals surface area contributed by atoms with Crippen LogP contribution in [-0.4, -0.2) is 36.7 Å². The number of alkyl halides is 1. The second kappa shape index (κ2) is 13.0. The molecule has 0 bridgehead atoms. The average molecular weight is 448 g/mol. The van der Waals surface area contributed by atoms with Gasteiger partial charge in [0.2, 0.25) is 0 Å². The monoisotopic (exact) mass is 448 g/mol. The van der Waals surface area contributed by atoms with Gasteiger partial charge in [0, 0.05) is 6.42 Å². The Morgan fingerprint density at radius 1 is 0.958 bits per heavy atom. The van der Waals surface area contributed by atoms with E-state index < -0.39 is 0 Å². The molecule has 0 unspecified atom stereocenters. The topological polar surface area (TPSA) is 61.8 Å². The van der Waals surface area contributed by atoms with Gasteiger partial charge in [-0.2, -0.15) is 0 Å². The molecule has 5 nitrogen and oxygen atoms in total. The summed E-state index contributed by atoms with van der Waals surface area (Å²) < 4.78 is 16.5. The number of halogens is 1. The van der Waals surface area contributed by atoms with Gasteiger partial charge in [-0.05, 0) is 60.8 Å². The van der Waals surface area contributed by atoms with Gasteiger partial charge in [-0.3, -0.25) is 4.79 Å². The van der Waals surface area contributed by atoms with E-state index in [1.54, 1.807) is 24.3 Å². The summed E-state index contributed by atoms with van der Waals surface area (Å²) in [6.07, 6.45) is 4.89. The molecule has 0 spiro atoms. The predicted octanol–water partition coefficient (Wildman–Crippen LogP) is 4.17. The maximum absolute atomic E-state index is 11.9. The van der Waals surface area contributed by atoms with Crippen molar-refractivity contribution in [3.8, 4) is 5.75 Å². The van der Waals surface area contributed by atoms with Crippen molar-refractivity contribution in [1.29, 1.82) is 0 Å². The summed E-state index contributed by atoms with van der Waals surface area (Å²) in [5.74, 6) is 0.228. The summed E-state index contributed by atoms with van der Waals surface area (Å²) in [7, 11) is 1.38. The first kappa shape index (κ1) is 20.7. The van der Waals surface area contributed by atoms with Crippen LogP contribution in [0.15, 0.2) is 24.3 Å². The number of methoxy groups -OCH3 is 1. The molecule has 0 saturated heterocycles. The van der Waals surface area contributed by atoms with Crippen LogP contribution < -0.4 is 4.74 Å². The first-order chi connectivity index (χ1) is 11.7. The van der Waals surface area contributed by atoms with Crippen molar-refractivity contribution < 1.29 is 23.8 Å². The number of esters is 2. The zero-order chi connectivity index (χ0) is 17.6. The fraction of sp³-hybridized carbons (Fsp3) is 0.556. The lowest BCUT2D eigenvalue weighted by atomic mass is 10.2. The van der Waals surface area contributed by atoms with Crippen molar-refractivity contribution in [1.82, 2.24) is 0 Å². The third-order valence-corrected chi connectivity index (χ3v) is 4.14. The predicted molar refractivity (Wildman–Crippen MR) is 101 cm³/mol. The number of carbonyl (C=O) groups excluding carboxylic acids is 2. The Kier molecular flexibility index (Phi) is 11.3. The third-order valence-electron chi connectivity index (χ3n) is 3.37. The SMILES string of the molecule is COC(=O)CCCCCOC(=O)c1ccc(OCCCCI)cc1. The Balaban J connectivity index is 2.19. The van der Waals surface area contributed by atoms with E-state index >= 15 is 0 Å². The molecule has 1 rings (SSSR count). The molecule has 0 saturated carbocycles. The molecule has 0 aromatic heterocycles. The van der Waals surface area contributed by atoms with Gasteiger partial charge in [0.25, 0.3) is 0 Å². The number of carbonyl (C=O) groups is 2. The van der Waals surface area contributed by atoms with Crippen LogP contribution in [0.25, 0.3) is 0 Å². The lowest BCUT2D eigenvalue weighted by Crippen LogP contribution is -2.07. The van der Waals surface area contributed by atoms with Gasteiger partial charge in [-0.1, -0.05) is 22.6 Å². The van der Waals surface area contributed by atoms with Gasteiger partial charge in [0.05, 0.1) is 25.9 Å². The first-order valence-electron chi connectivity index (χ1n) is 8.20. The van der Waals surface area contributed by atoms with Crippen molar-refractivity contribution in [2.24, 2.45) is 0 Å². The van der Waals surface area contributed by atoms with E-state index in [2.05, 4.69) is 27.3 Å². The van der Waals surface area contributed by atoms with Crippen LogP contribution in [0.5, 0.6) is 5.75 Å². The number of ether oxygens (including phenoxy) is 3. The van der Waals surface area contributed by atoms with Gasteiger partial charge in [-0.25, -0.2) is 4.79 Å². The van der Waals surface area contributed by atoms with Crippen LogP contribution in [0, 0.1) is 0 Å². The van der Waals surface area contributed by atoms with Gasteiger partial charge >= 0.3 is 11.9 Å². The molecule has 24 heavy (non-hydrogen) atoms. The molecule has 1 aromatic rings. The Hall–Kier alpha value is -1.31. The van der Waals surface area contributed by atoms with Gasteiger partial charge in [0.1, 0.15) is 5.75 Å². The second-order valence-corrected chi connectivity index (χ2v) is 6.37. The minimum Gasteiger partial charge on any atom is -0.494 e. The molecule has 0 atom stereocenters. The molecular formula is C18H25IO5. The normalized spacial score (nSPS) is 10.2. The summed E-state index contributed by atoms with van der Waals surface area (Å²) in [6, 6.07) is 7.01. The molecule has 0 aliphatic carbocycles. The molecule has 1 aromatic carbocycles. The smallest absolute Gasteiger partial charge is 0.338 e. The number of benzene rings is 1. The molecule has 0 radical (unpaired) electrons. The molecule has 0 amide bonds. The molecule has 0 fully saturated rings. The van der Waals surface area contributed by atoms with Crippen LogP contribution >= 0.6 is 22.6 Å². The minimum atomic E-state index is -0.334. The van der Waals surface area contributed by atoms with Gasteiger partial charge in [0.15, 0.2) is 0 Å². The number of hydrogen-bond acceptors (Lipinski definition) is 5. The molecular weight excluding hydrogens is 423 g/mol. The summed E-state index contributed by atoms with van der Waals surface area (Å²) in [5.41, 5.74) is 0.518. The number of unbranched alkanes of at least 4 members (excludes halogenated alkanes) is 3. The van der Waals surface area contributed by atoms with E-state index in [4.69, 9.17) is 9.47 Å². The number of rotatable bonds is 12. The van der Waals surface area contributed by atoms with Crippen LogP contribution in [0.3, 0.4) is 0 Å². The van der Waals surface area contributed by atoms with E-state index in [0.29, 0.717) is 25.2 Å². The van der Waals surface area contributed by atoms with Gasteiger partial charge < -0.3 is 14.2 Å². The summed E-state index contributed by atoms with van der Waals surface area (Å²) >= 11 is 2.35. The highest BCUT2D eigenvalue weighted by Gasteiger charge is 2.07. The highest BCUT2D eigenvalue weighted by Crippen LogP contribution is 2.14. The third kappa shape index (κ3) is 9.10. The van der Waals surface area contributed by atoms with Gasteiger partial charge in [-0.15, -0.1) is 0 Å².